The van der Waals surface area contributed by atoms with Gasteiger partial charge < -0.3 is 15.2 Å². The Labute approximate surface area is 176 Å². The fourth-order valence-corrected chi connectivity index (χ4v) is 3.00. The molecule has 0 spiro atoms. The summed E-state index contributed by atoms with van der Waals surface area (Å²) in [5.41, 5.74) is 0.373. The maximum absolute atomic E-state index is 12.9. The lowest BCUT2D eigenvalue weighted by Gasteiger charge is -2.18. The molecular formula is C21H17ClN2O6. The van der Waals surface area contributed by atoms with Crippen molar-refractivity contribution in [2.24, 2.45) is 0 Å². The molecule has 0 bridgehead atoms. The molecule has 0 fully saturated rings. The number of esters is 1. The number of ether oxygens (including phenoxy) is 1. The number of carbonyl (C=O) groups excluding carboxylic acids is 3. The minimum Gasteiger partial charge on any atom is -0.478 e. The molecule has 2 amide bonds. The van der Waals surface area contributed by atoms with Gasteiger partial charge in [-0.15, -0.1) is 0 Å². The van der Waals surface area contributed by atoms with E-state index in [2.05, 4.69) is 5.32 Å². The number of benzene rings is 2. The lowest BCUT2D eigenvalue weighted by Crippen LogP contribution is -2.33. The number of imide groups is 1. The summed E-state index contributed by atoms with van der Waals surface area (Å²) < 4.78 is 5.13. The number of amides is 2. The molecular weight excluding hydrogens is 412 g/mol. The summed E-state index contributed by atoms with van der Waals surface area (Å²) in [7, 11) is 0. The van der Waals surface area contributed by atoms with E-state index in [-0.39, 0.29) is 34.2 Å². The molecule has 2 N–H and O–H groups in total. The van der Waals surface area contributed by atoms with E-state index < -0.39 is 23.8 Å². The molecule has 0 saturated heterocycles. The third kappa shape index (κ3) is 4.04. The van der Waals surface area contributed by atoms with Crippen molar-refractivity contribution >= 4 is 46.7 Å². The van der Waals surface area contributed by atoms with Gasteiger partial charge in [0, 0.05) is 5.69 Å². The number of carbonyl (C=O) groups is 4. The predicted octanol–water partition coefficient (Wildman–Crippen LogP) is 3.39. The molecule has 0 saturated carbocycles. The van der Waals surface area contributed by atoms with E-state index >= 15 is 0 Å². The molecule has 9 heteroatoms. The van der Waals surface area contributed by atoms with Gasteiger partial charge in [-0.3, -0.25) is 9.59 Å². The van der Waals surface area contributed by atoms with Crippen molar-refractivity contribution in [3.63, 3.8) is 0 Å². The van der Waals surface area contributed by atoms with E-state index in [1.165, 1.54) is 36.4 Å². The first-order chi connectivity index (χ1) is 14.3. The first kappa shape index (κ1) is 21.1. The third-order valence-corrected chi connectivity index (χ3v) is 4.58. The van der Waals surface area contributed by atoms with E-state index in [0.717, 1.165) is 4.90 Å². The molecule has 3 rings (SSSR count). The van der Waals surface area contributed by atoms with Gasteiger partial charge in [0.25, 0.3) is 11.8 Å². The maximum atomic E-state index is 12.9. The maximum Gasteiger partial charge on any atom is 0.340 e. The summed E-state index contributed by atoms with van der Waals surface area (Å²) in [6.07, 6.45) is 0.623. The zero-order valence-corrected chi connectivity index (χ0v) is 16.6. The Morgan fingerprint density at radius 2 is 1.73 bits per heavy atom. The molecule has 0 unspecified atom stereocenters. The number of halogens is 1. The molecule has 0 radical (unpaired) electrons. The predicted molar refractivity (Wildman–Crippen MR) is 109 cm³/mol. The van der Waals surface area contributed by atoms with Crippen LogP contribution in [0.25, 0.3) is 0 Å². The summed E-state index contributed by atoms with van der Waals surface area (Å²) in [4.78, 5) is 49.8. The van der Waals surface area contributed by atoms with Crippen LogP contribution in [-0.4, -0.2) is 35.5 Å². The second-order valence-corrected chi connectivity index (χ2v) is 6.67. The quantitative estimate of drug-likeness (QED) is 0.513. The Balaban J connectivity index is 1.89. The molecule has 2 aromatic carbocycles. The summed E-state index contributed by atoms with van der Waals surface area (Å²) in [5, 5.41) is 11.4. The van der Waals surface area contributed by atoms with Crippen LogP contribution in [0.2, 0.25) is 0 Å². The van der Waals surface area contributed by atoms with E-state index in [1.807, 2.05) is 6.92 Å². The number of nitrogens with one attached hydrogen (secondary N) is 1. The molecule has 1 aliphatic rings. The van der Waals surface area contributed by atoms with Crippen molar-refractivity contribution in [2.75, 3.05) is 16.8 Å². The normalized spacial score (nSPS) is 13.6. The van der Waals surface area contributed by atoms with Crippen LogP contribution in [0.1, 0.15) is 34.1 Å². The van der Waals surface area contributed by atoms with Gasteiger partial charge in [-0.25, -0.2) is 14.5 Å². The Morgan fingerprint density at radius 1 is 1.07 bits per heavy atom. The molecule has 30 heavy (non-hydrogen) atoms. The van der Waals surface area contributed by atoms with Crippen molar-refractivity contribution in [3.8, 4) is 0 Å². The number of para-hydroxylation sites is 1. The summed E-state index contributed by atoms with van der Waals surface area (Å²) in [6.45, 7) is 2.05. The molecule has 154 valence electrons. The summed E-state index contributed by atoms with van der Waals surface area (Å²) in [6, 6.07) is 11.7. The van der Waals surface area contributed by atoms with E-state index in [4.69, 9.17) is 21.4 Å². The minimum atomic E-state index is -1.09. The van der Waals surface area contributed by atoms with Gasteiger partial charge >= 0.3 is 11.9 Å². The zero-order chi connectivity index (χ0) is 21.8. The van der Waals surface area contributed by atoms with Gasteiger partial charge in [0.2, 0.25) is 0 Å². The van der Waals surface area contributed by atoms with Crippen LogP contribution in [0, 0.1) is 0 Å². The van der Waals surface area contributed by atoms with Crippen molar-refractivity contribution < 1.29 is 29.0 Å². The van der Waals surface area contributed by atoms with Gasteiger partial charge in [0.05, 0.1) is 23.4 Å². The topological polar surface area (TPSA) is 113 Å². The number of rotatable bonds is 7. The van der Waals surface area contributed by atoms with Crippen molar-refractivity contribution in [2.45, 2.75) is 13.3 Å². The molecule has 2 aromatic rings. The standard InChI is InChI=1S/C21H17ClN2O6/c1-2-11-30-21(29)14-5-3-4-6-15(14)24-18(25)16(22)17(19(24)26)23-13-9-7-12(8-10-13)20(27)28/h3-10,23H,2,11H2,1H3,(H,27,28). The number of anilines is 2. The van der Waals surface area contributed by atoms with Crippen LogP contribution in [0.15, 0.2) is 59.3 Å². The number of carboxylic acids is 1. The largest absolute Gasteiger partial charge is 0.478 e. The minimum absolute atomic E-state index is 0.0594. The Kier molecular flexibility index (Phi) is 6.17. The Hall–Kier alpha value is -3.65. The van der Waals surface area contributed by atoms with Gasteiger partial charge in [0.15, 0.2) is 0 Å². The van der Waals surface area contributed by atoms with Crippen LogP contribution in [0.3, 0.4) is 0 Å². The molecule has 0 aliphatic carbocycles. The van der Waals surface area contributed by atoms with Crippen molar-refractivity contribution in [1.29, 1.82) is 0 Å². The van der Waals surface area contributed by atoms with Crippen LogP contribution in [0.5, 0.6) is 0 Å². The Bertz CT molecular complexity index is 1060. The lowest BCUT2D eigenvalue weighted by molar-refractivity contribution is -0.120. The average Bonchev–Trinajstić information content (AvgIpc) is 2.95. The summed E-state index contributed by atoms with van der Waals surface area (Å²) >= 11 is 6.11. The first-order valence-corrected chi connectivity index (χ1v) is 9.38. The van der Waals surface area contributed by atoms with Crippen LogP contribution < -0.4 is 10.2 Å². The highest BCUT2D eigenvalue weighted by Gasteiger charge is 2.40. The van der Waals surface area contributed by atoms with Gasteiger partial charge in [0.1, 0.15) is 10.7 Å². The van der Waals surface area contributed by atoms with E-state index in [9.17, 15) is 19.2 Å². The zero-order valence-electron chi connectivity index (χ0n) is 15.8. The molecule has 0 aromatic heterocycles. The average molecular weight is 429 g/mol. The van der Waals surface area contributed by atoms with Crippen LogP contribution in [0.4, 0.5) is 11.4 Å². The van der Waals surface area contributed by atoms with E-state index in [1.54, 1.807) is 12.1 Å². The van der Waals surface area contributed by atoms with Crippen LogP contribution >= 0.6 is 11.6 Å². The summed E-state index contributed by atoms with van der Waals surface area (Å²) in [5.74, 6) is -3.29. The molecule has 8 nitrogen and oxygen atoms in total. The molecule has 1 aliphatic heterocycles. The fraction of sp³-hybridized carbons (Fsp3) is 0.143. The van der Waals surface area contributed by atoms with Crippen molar-refractivity contribution in [1.82, 2.24) is 0 Å². The number of aromatic carboxylic acids is 1. The highest BCUT2D eigenvalue weighted by Crippen LogP contribution is 2.32. The van der Waals surface area contributed by atoms with Gasteiger partial charge in [-0.05, 0) is 42.8 Å². The number of carboxylic acid groups (broad SMARTS) is 1. The number of hydrogen-bond donors (Lipinski definition) is 2. The highest BCUT2D eigenvalue weighted by molar-refractivity contribution is 6.53. The smallest absolute Gasteiger partial charge is 0.340 e. The fourth-order valence-electron chi connectivity index (χ4n) is 2.78. The highest BCUT2D eigenvalue weighted by atomic mass is 35.5. The second-order valence-electron chi connectivity index (χ2n) is 6.30. The second kappa shape index (κ2) is 8.79. The monoisotopic (exact) mass is 428 g/mol. The SMILES string of the molecule is CCCOC(=O)c1ccccc1N1C(=O)C(Cl)=C(Nc2ccc(C(=O)O)cc2)C1=O. The Morgan fingerprint density at radius 3 is 2.37 bits per heavy atom. The molecule has 0 atom stereocenters. The van der Waals surface area contributed by atoms with Gasteiger partial charge in [-0.2, -0.15) is 0 Å². The van der Waals surface area contributed by atoms with Crippen LogP contribution in [-0.2, 0) is 14.3 Å². The first-order valence-electron chi connectivity index (χ1n) is 9.00. The van der Waals surface area contributed by atoms with E-state index in [0.29, 0.717) is 12.1 Å². The van der Waals surface area contributed by atoms with Crippen molar-refractivity contribution in [3.05, 3.63) is 70.4 Å². The third-order valence-electron chi connectivity index (χ3n) is 4.23. The lowest BCUT2D eigenvalue weighted by atomic mass is 10.1. The molecule has 1 heterocycles. The van der Waals surface area contributed by atoms with Gasteiger partial charge in [-0.1, -0.05) is 30.7 Å². The number of hydrogen-bond acceptors (Lipinski definition) is 6. The number of nitrogens with zero attached hydrogens (tertiary/aromatic N) is 1.